The lowest BCUT2D eigenvalue weighted by atomic mass is 10.0. The second-order valence-electron chi connectivity index (χ2n) is 6.57. The number of benzene rings is 1. The first kappa shape index (κ1) is 19.4. The summed E-state index contributed by atoms with van der Waals surface area (Å²) in [7, 11) is 0. The van der Waals surface area contributed by atoms with Crippen LogP contribution in [0.4, 0.5) is 10.1 Å². The number of amides is 2. The van der Waals surface area contributed by atoms with Gasteiger partial charge in [0.1, 0.15) is 17.8 Å². The lowest BCUT2D eigenvalue weighted by Crippen LogP contribution is -2.49. The summed E-state index contributed by atoms with van der Waals surface area (Å²) in [4.78, 5) is 31.5. The number of alkyl halides is 1. The van der Waals surface area contributed by atoms with E-state index >= 15 is 0 Å². The summed E-state index contributed by atoms with van der Waals surface area (Å²) in [5.41, 5.74) is 1.83. The second-order valence-corrected chi connectivity index (χ2v) is 6.84. The molecule has 2 aliphatic rings. The highest BCUT2D eigenvalue weighted by molar-refractivity contribution is 6.27. The van der Waals surface area contributed by atoms with Crippen LogP contribution in [0.3, 0.4) is 0 Å². The first-order valence-electron chi connectivity index (χ1n) is 8.83. The highest BCUT2D eigenvalue weighted by Crippen LogP contribution is 2.25. The predicted octanol–water partition coefficient (Wildman–Crippen LogP) is 1.34. The first-order valence-corrected chi connectivity index (χ1v) is 9.37. The molecule has 1 fully saturated rings. The Labute approximate surface area is 162 Å². The van der Waals surface area contributed by atoms with Crippen molar-refractivity contribution < 1.29 is 18.8 Å². The SMILES string of the molecule is CC(=O)NCC1CC(c2ccc(N3CCN(C(=O)CCl)CC3)c(F)c2)=NO1. The molecule has 0 saturated carbocycles. The molecule has 2 heterocycles. The molecule has 0 aliphatic carbocycles. The van der Waals surface area contributed by atoms with Crippen LogP contribution in [0.5, 0.6) is 0 Å². The Morgan fingerprint density at radius 2 is 2.07 bits per heavy atom. The normalized spacial score (nSPS) is 19.5. The molecule has 2 amide bonds. The molecule has 0 spiro atoms. The molecule has 9 heteroatoms. The van der Waals surface area contributed by atoms with Crippen LogP contribution in [-0.4, -0.2) is 67.1 Å². The van der Waals surface area contributed by atoms with Crippen molar-refractivity contribution in [3.8, 4) is 0 Å². The van der Waals surface area contributed by atoms with Crippen molar-refractivity contribution in [2.75, 3.05) is 43.5 Å². The smallest absolute Gasteiger partial charge is 0.237 e. The van der Waals surface area contributed by atoms with Crippen LogP contribution in [0.25, 0.3) is 0 Å². The van der Waals surface area contributed by atoms with Crippen molar-refractivity contribution >= 4 is 34.8 Å². The average Bonchev–Trinajstić information content (AvgIpc) is 3.15. The number of nitrogens with one attached hydrogen (secondary N) is 1. The van der Waals surface area contributed by atoms with Crippen molar-refractivity contribution in [1.29, 1.82) is 0 Å². The van der Waals surface area contributed by atoms with E-state index in [1.54, 1.807) is 11.0 Å². The number of piperazine rings is 1. The van der Waals surface area contributed by atoms with Crippen LogP contribution in [0, 0.1) is 5.82 Å². The third-order valence-corrected chi connectivity index (χ3v) is 4.91. The van der Waals surface area contributed by atoms with E-state index in [0.717, 1.165) is 0 Å². The van der Waals surface area contributed by atoms with Crippen LogP contribution in [0.1, 0.15) is 18.9 Å². The number of halogens is 2. The van der Waals surface area contributed by atoms with Gasteiger partial charge in [-0.2, -0.15) is 0 Å². The van der Waals surface area contributed by atoms with E-state index in [9.17, 15) is 14.0 Å². The zero-order valence-electron chi connectivity index (χ0n) is 15.1. The minimum Gasteiger partial charge on any atom is -0.390 e. The minimum absolute atomic E-state index is 0.0316. The van der Waals surface area contributed by atoms with Crippen LogP contribution >= 0.6 is 11.6 Å². The maximum Gasteiger partial charge on any atom is 0.237 e. The summed E-state index contributed by atoms with van der Waals surface area (Å²) in [6, 6.07) is 5.00. The van der Waals surface area contributed by atoms with Gasteiger partial charge >= 0.3 is 0 Å². The topological polar surface area (TPSA) is 74.2 Å². The van der Waals surface area contributed by atoms with Crippen LogP contribution in [0.15, 0.2) is 23.4 Å². The molecule has 1 aromatic carbocycles. The molecule has 0 aromatic heterocycles. The summed E-state index contributed by atoms with van der Waals surface area (Å²) in [6.45, 7) is 3.98. The lowest BCUT2D eigenvalue weighted by Gasteiger charge is -2.36. The molecule has 1 atom stereocenters. The second kappa shape index (κ2) is 8.56. The third-order valence-electron chi connectivity index (χ3n) is 4.68. The Morgan fingerprint density at radius 1 is 1.33 bits per heavy atom. The highest BCUT2D eigenvalue weighted by Gasteiger charge is 2.25. The number of carbonyl (C=O) groups excluding carboxylic acids is 2. The number of carbonyl (C=O) groups is 2. The van der Waals surface area contributed by atoms with E-state index in [0.29, 0.717) is 56.1 Å². The first-order chi connectivity index (χ1) is 13.0. The number of anilines is 1. The summed E-state index contributed by atoms with van der Waals surface area (Å²) in [5, 5.41) is 6.70. The van der Waals surface area contributed by atoms with E-state index < -0.39 is 0 Å². The van der Waals surface area contributed by atoms with Gasteiger partial charge in [0.15, 0.2) is 0 Å². The van der Waals surface area contributed by atoms with Gasteiger partial charge in [0.25, 0.3) is 0 Å². The van der Waals surface area contributed by atoms with E-state index in [-0.39, 0.29) is 29.6 Å². The molecule has 1 saturated heterocycles. The molecule has 3 rings (SSSR count). The van der Waals surface area contributed by atoms with Crippen molar-refractivity contribution in [3.63, 3.8) is 0 Å². The van der Waals surface area contributed by atoms with Gasteiger partial charge in [-0.25, -0.2) is 4.39 Å². The highest BCUT2D eigenvalue weighted by atomic mass is 35.5. The van der Waals surface area contributed by atoms with Gasteiger partial charge in [0.2, 0.25) is 11.8 Å². The van der Waals surface area contributed by atoms with Gasteiger partial charge in [-0.3, -0.25) is 9.59 Å². The number of hydrogen-bond acceptors (Lipinski definition) is 5. The molecular weight excluding hydrogens is 375 g/mol. The molecule has 1 N–H and O–H groups in total. The van der Waals surface area contributed by atoms with Crippen molar-refractivity contribution in [2.24, 2.45) is 5.16 Å². The van der Waals surface area contributed by atoms with E-state index in [1.807, 2.05) is 11.0 Å². The van der Waals surface area contributed by atoms with Gasteiger partial charge in [0, 0.05) is 45.1 Å². The maximum atomic E-state index is 14.7. The van der Waals surface area contributed by atoms with Crippen LogP contribution < -0.4 is 10.2 Å². The maximum absolute atomic E-state index is 14.7. The van der Waals surface area contributed by atoms with Crippen LogP contribution in [0.2, 0.25) is 0 Å². The Morgan fingerprint density at radius 3 is 2.70 bits per heavy atom. The Bertz CT molecular complexity index is 750. The molecule has 146 valence electrons. The number of hydrogen-bond donors (Lipinski definition) is 1. The fourth-order valence-electron chi connectivity index (χ4n) is 3.19. The van der Waals surface area contributed by atoms with E-state index in [2.05, 4.69) is 10.5 Å². The zero-order chi connectivity index (χ0) is 19.4. The lowest BCUT2D eigenvalue weighted by molar-refractivity contribution is -0.128. The van der Waals surface area contributed by atoms with Crippen molar-refractivity contribution in [1.82, 2.24) is 10.2 Å². The Kier molecular flexibility index (Phi) is 6.15. The predicted molar refractivity (Wildman–Crippen MR) is 101 cm³/mol. The van der Waals surface area contributed by atoms with Gasteiger partial charge in [0.05, 0.1) is 17.9 Å². The molecule has 0 bridgehead atoms. The molecule has 0 radical (unpaired) electrons. The summed E-state index contributed by atoms with van der Waals surface area (Å²) >= 11 is 5.58. The molecule has 2 aliphatic heterocycles. The number of nitrogens with zero attached hydrogens (tertiary/aromatic N) is 3. The van der Waals surface area contributed by atoms with Gasteiger partial charge in [-0.1, -0.05) is 11.2 Å². The van der Waals surface area contributed by atoms with Crippen molar-refractivity contribution in [3.05, 3.63) is 29.6 Å². The standard InChI is InChI=1S/C18H22ClFN4O3/c1-12(25)21-11-14-9-16(22-27-14)13-2-3-17(15(20)8-13)23-4-6-24(7-5-23)18(26)10-19/h2-3,8,14H,4-7,9-11H2,1H3,(H,21,25). The number of oxime groups is 1. The molecule has 7 nitrogen and oxygen atoms in total. The Balaban J connectivity index is 1.60. The fraction of sp³-hybridized carbons (Fsp3) is 0.500. The molecular formula is C18H22ClFN4O3. The number of rotatable bonds is 5. The average molecular weight is 397 g/mol. The van der Waals surface area contributed by atoms with Crippen LogP contribution in [-0.2, 0) is 14.4 Å². The fourth-order valence-corrected chi connectivity index (χ4v) is 3.36. The zero-order valence-corrected chi connectivity index (χ0v) is 15.8. The molecule has 1 unspecified atom stereocenters. The molecule has 27 heavy (non-hydrogen) atoms. The van der Waals surface area contributed by atoms with Gasteiger partial charge in [-0.15, -0.1) is 11.6 Å². The van der Waals surface area contributed by atoms with E-state index in [1.165, 1.54) is 13.0 Å². The monoisotopic (exact) mass is 396 g/mol. The largest absolute Gasteiger partial charge is 0.390 e. The Hall–Kier alpha value is -2.35. The van der Waals surface area contributed by atoms with Gasteiger partial charge < -0.3 is 20.0 Å². The van der Waals surface area contributed by atoms with E-state index in [4.69, 9.17) is 16.4 Å². The quantitative estimate of drug-likeness (QED) is 0.762. The summed E-state index contributed by atoms with van der Waals surface area (Å²) < 4.78 is 14.7. The van der Waals surface area contributed by atoms with Gasteiger partial charge in [-0.05, 0) is 12.1 Å². The summed E-state index contributed by atoms with van der Waals surface area (Å²) in [5.74, 6) is -0.594. The third kappa shape index (κ3) is 4.68. The van der Waals surface area contributed by atoms with Crippen molar-refractivity contribution in [2.45, 2.75) is 19.4 Å². The minimum atomic E-state index is -0.336. The summed E-state index contributed by atoms with van der Waals surface area (Å²) in [6.07, 6.45) is 0.275. The molecule has 1 aromatic rings.